The fraction of sp³-hybridized carbons (Fsp3) is 0.941. The first-order valence-electron chi connectivity index (χ1n) is 8.87. The number of piperidine rings is 3. The molecule has 0 aromatic heterocycles. The summed E-state index contributed by atoms with van der Waals surface area (Å²) in [5, 5.41) is 6.74. The molecule has 126 valence electrons. The van der Waals surface area contributed by atoms with Gasteiger partial charge in [-0.1, -0.05) is 6.42 Å². The maximum Gasteiger partial charge on any atom is 0.228 e. The zero-order valence-electron chi connectivity index (χ0n) is 14.1. The van der Waals surface area contributed by atoms with Crippen molar-refractivity contribution in [1.29, 1.82) is 0 Å². The molecule has 3 saturated heterocycles. The second kappa shape index (κ2) is 6.85. The van der Waals surface area contributed by atoms with Gasteiger partial charge in [-0.2, -0.15) is 0 Å². The average Bonchev–Trinajstić information content (AvgIpc) is 2.49. The Morgan fingerprint density at radius 3 is 2.50 bits per heavy atom. The number of methoxy groups -OCH3 is 1. The molecule has 2 N–H and O–H groups in total. The van der Waals surface area contributed by atoms with Gasteiger partial charge < -0.3 is 20.3 Å². The third-order valence-electron chi connectivity index (χ3n) is 6.14. The molecular formula is C17H31N3O2. The number of nitrogens with zero attached hydrogens (tertiary/aromatic N) is 1. The summed E-state index contributed by atoms with van der Waals surface area (Å²) in [6, 6.07) is 1.66. The van der Waals surface area contributed by atoms with E-state index in [1.165, 1.54) is 19.3 Å². The van der Waals surface area contributed by atoms with Crippen molar-refractivity contribution in [2.45, 2.75) is 63.1 Å². The van der Waals surface area contributed by atoms with Crippen LogP contribution in [0, 0.1) is 5.41 Å². The van der Waals surface area contributed by atoms with Gasteiger partial charge in [0, 0.05) is 25.2 Å². The molecule has 5 heteroatoms. The lowest BCUT2D eigenvalue weighted by molar-refractivity contribution is -0.137. The largest absolute Gasteiger partial charge is 0.384 e. The lowest BCUT2D eigenvalue weighted by Crippen LogP contribution is -2.58. The van der Waals surface area contributed by atoms with Crippen molar-refractivity contribution < 1.29 is 9.53 Å². The molecule has 3 fully saturated rings. The van der Waals surface area contributed by atoms with E-state index in [-0.39, 0.29) is 11.3 Å². The second-order valence-corrected chi connectivity index (χ2v) is 7.51. The molecule has 5 nitrogen and oxygen atoms in total. The predicted molar refractivity (Wildman–Crippen MR) is 86.8 cm³/mol. The van der Waals surface area contributed by atoms with Crippen LogP contribution in [0.15, 0.2) is 0 Å². The van der Waals surface area contributed by atoms with E-state index in [2.05, 4.69) is 22.6 Å². The third kappa shape index (κ3) is 3.17. The van der Waals surface area contributed by atoms with E-state index in [4.69, 9.17) is 4.74 Å². The van der Waals surface area contributed by atoms with Crippen LogP contribution >= 0.6 is 0 Å². The first-order chi connectivity index (χ1) is 10.6. The molecule has 0 saturated carbocycles. The van der Waals surface area contributed by atoms with Gasteiger partial charge in [-0.3, -0.25) is 4.79 Å². The van der Waals surface area contributed by atoms with Crippen LogP contribution in [-0.2, 0) is 9.53 Å². The molecule has 3 rings (SSSR count). The Bertz CT molecular complexity index is 376. The van der Waals surface area contributed by atoms with Gasteiger partial charge in [-0.05, 0) is 58.7 Å². The number of rotatable bonds is 4. The quantitative estimate of drug-likeness (QED) is 0.817. The van der Waals surface area contributed by atoms with Crippen LogP contribution in [0.5, 0.6) is 0 Å². The number of amides is 1. The highest BCUT2D eigenvalue weighted by Crippen LogP contribution is 2.34. The van der Waals surface area contributed by atoms with Gasteiger partial charge in [0.1, 0.15) is 0 Å². The first-order valence-corrected chi connectivity index (χ1v) is 8.87. The Hall–Kier alpha value is -0.650. The van der Waals surface area contributed by atoms with Crippen LogP contribution in [0.1, 0.15) is 44.9 Å². The summed E-state index contributed by atoms with van der Waals surface area (Å²) in [6.07, 6.45) is 7.90. The lowest BCUT2D eigenvalue weighted by atomic mass is 9.77. The molecule has 3 aliphatic heterocycles. The standard InChI is InChI=1S/C17H31N3O2/c1-20-14-4-3-5-15(20)11-13(10-14)19-16(21)17(12-22-2)6-8-18-9-7-17/h13-15,18H,3-12H2,1-2H3,(H,19,21). The molecule has 0 spiro atoms. The van der Waals surface area contributed by atoms with E-state index in [0.29, 0.717) is 24.7 Å². The molecule has 0 aromatic rings. The van der Waals surface area contributed by atoms with Gasteiger partial charge in [-0.25, -0.2) is 0 Å². The fourth-order valence-corrected chi connectivity index (χ4v) is 4.69. The first kappa shape index (κ1) is 16.2. The number of hydrogen-bond acceptors (Lipinski definition) is 4. The van der Waals surface area contributed by atoms with E-state index in [0.717, 1.165) is 38.8 Å². The maximum atomic E-state index is 12.9. The van der Waals surface area contributed by atoms with E-state index in [1.54, 1.807) is 7.11 Å². The molecule has 0 radical (unpaired) electrons. The molecule has 0 aromatic carbocycles. The second-order valence-electron chi connectivity index (χ2n) is 7.51. The summed E-state index contributed by atoms with van der Waals surface area (Å²) in [4.78, 5) is 15.5. The van der Waals surface area contributed by atoms with Crippen molar-refractivity contribution in [3.05, 3.63) is 0 Å². The highest BCUT2D eigenvalue weighted by atomic mass is 16.5. The third-order valence-corrected chi connectivity index (χ3v) is 6.14. The summed E-state index contributed by atoms with van der Waals surface area (Å²) >= 11 is 0. The SMILES string of the molecule is COCC1(C(=O)NC2CC3CCCC(C2)N3C)CCNCC1. The smallest absolute Gasteiger partial charge is 0.228 e. The Morgan fingerprint density at radius 1 is 1.27 bits per heavy atom. The number of ether oxygens (including phenoxy) is 1. The molecule has 22 heavy (non-hydrogen) atoms. The normalized spacial score (nSPS) is 35.1. The number of hydrogen-bond donors (Lipinski definition) is 2. The lowest BCUT2D eigenvalue weighted by Gasteiger charge is -2.48. The van der Waals surface area contributed by atoms with Crippen molar-refractivity contribution in [3.8, 4) is 0 Å². The number of fused-ring (bicyclic) bond motifs is 2. The van der Waals surface area contributed by atoms with Crippen LogP contribution in [0.2, 0.25) is 0 Å². The number of carbonyl (C=O) groups is 1. The highest BCUT2D eigenvalue weighted by Gasteiger charge is 2.42. The Labute approximate surface area is 134 Å². The molecular weight excluding hydrogens is 278 g/mol. The van der Waals surface area contributed by atoms with Crippen LogP contribution in [0.25, 0.3) is 0 Å². The van der Waals surface area contributed by atoms with Crippen molar-refractivity contribution >= 4 is 5.91 Å². The summed E-state index contributed by atoms with van der Waals surface area (Å²) < 4.78 is 5.39. The summed E-state index contributed by atoms with van der Waals surface area (Å²) in [6.45, 7) is 2.37. The van der Waals surface area contributed by atoms with E-state index >= 15 is 0 Å². The van der Waals surface area contributed by atoms with Gasteiger partial charge in [0.05, 0.1) is 12.0 Å². The maximum absolute atomic E-state index is 12.9. The van der Waals surface area contributed by atoms with Crippen LogP contribution in [-0.4, -0.2) is 62.8 Å². The zero-order chi connectivity index (χ0) is 15.6. The number of nitrogens with one attached hydrogen (secondary N) is 2. The van der Waals surface area contributed by atoms with Gasteiger partial charge in [0.15, 0.2) is 0 Å². The summed E-state index contributed by atoms with van der Waals surface area (Å²) in [7, 11) is 3.96. The zero-order valence-corrected chi connectivity index (χ0v) is 14.1. The minimum Gasteiger partial charge on any atom is -0.384 e. The van der Waals surface area contributed by atoms with Gasteiger partial charge in [-0.15, -0.1) is 0 Å². The van der Waals surface area contributed by atoms with E-state index in [9.17, 15) is 4.79 Å². The van der Waals surface area contributed by atoms with Crippen LogP contribution < -0.4 is 10.6 Å². The van der Waals surface area contributed by atoms with Crippen molar-refractivity contribution in [3.63, 3.8) is 0 Å². The monoisotopic (exact) mass is 309 g/mol. The molecule has 2 atom stereocenters. The molecule has 1 amide bonds. The molecule has 2 unspecified atom stereocenters. The molecule has 0 aliphatic carbocycles. The molecule has 3 aliphatic rings. The average molecular weight is 309 g/mol. The van der Waals surface area contributed by atoms with Crippen molar-refractivity contribution in [1.82, 2.24) is 15.5 Å². The van der Waals surface area contributed by atoms with Crippen LogP contribution in [0.3, 0.4) is 0 Å². The van der Waals surface area contributed by atoms with Gasteiger partial charge in [0.2, 0.25) is 5.91 Å². The Balaban J connectivity index is 1.63. The van der Waals surface area contributed by atoms with Crippen molar-refractivity contribution in [2.75, 3.05) is 33.9 Å². The molecule has 2 bridgehead atoms. The van der Waals surface area contributed by atoms with E-state index < -0.39 is 0 Å². The predicted octanol–water partition coefficient (Wildman–Crippen LogP) is 1.13. The fourth-order valence-electron chi connectivity index (χ4n) is 4.69. The van der Waals surface area contributed by atoms with Gasteiger partial charge in [0.25, 0.3) is 0 Å². The van der Waals surface area contributed by atoms with E-state index in [1.807, 2.05) is 0 Å². The Morgan fingerprint density at radius 2 is 1.91 bits per heavy atom. The minimum atomic E-state index is -0.321. The topological polar surface area (TPSA) is 53.6 Å². The van der Waals surface area contributed by atoms with Crippen molar-refractivity contribution in [2.24, 2.45) is 5.41 Å². The summed E-state index contributed by atoms with van der Waals surface area (Å²) in [5.74, 6) is 0.225. The Kier molecular flexibility index (Phi) is 5.05. The minimum absolute atomic E-state index is 0.225. The number of carbonyl (C=O) groups excluding carboxylic acids is 1. The highest BCUT2D eigenvalue weighted by molar-refractivity contribution is 5.83. The summed E-state index contributed by atoms with van der Waals surface area (Å²) in [5.41, 5.74) is -0.321. The molecule has 3 heterocycles. The van der Waals surface area contributed by atoms with Gasteiger partial charge >= 0.3 is 0 Å². The van der Waals surface area contributed by atoms with Crippen LogP contribution in [0.4, 0.5) is 0 Å².